The predicted octanol–water partition coefficient (Wildman–Crippen LogP) is 1.05. The summed E-state index contributed by atoms with van der Waals surface area (Å²) >= 11 is 0. The normalized spacial score (nSPS) is 9.46. The van der Waals surface area contributed by atoms with Gasteiger partial charge in [-0.25, -0.2) is 0 Å². The lowest BCUT2D eigenvalue weighted by Crippen LogP contribution is -2.18. The van der Waals surface area contributed by atoms with E-state index in [4.69, 9.17) is 6.42 Å². The van der Waals surface area contributed by atoms with Gasteiger partial charge in [0.25, 0.3) is 5.56 Å². The summed E-state index contributed by atoms with van der Waals surface area (Å²) in [6.45, 7) is 0.725. The quantitative estimate of drug-likeness (QED) is 0.507. The van der Waals surface area contributed by atoms with Gasteiger partial charge in [0.2, 0.25) is 0 Å². The van der Waals surface area contributed by atoms with Crippen molar-refractivity contribution in [2.24, 2.45) is 0 Å². The molecule has 0 atom stereocenters. The zero-order valence-corrected chi connectivity index (χ0v) is 7.44. The molecule has 0 bridgehead atoms. The van der Waals surface area contributed by atoms with Crippen molar-refractivity contribution in [1.29, 1.82) is 0 Å². The Labute approximate surface area is 77.4 Å². The van der Waals surface area contributed by atoms with E-state index in [1.807, 2.05) is 0 Å². The molecular weight excluding hydrogens is 164 g/mol. The third kappa shape index (κ3) is 3.12. The standard InChI is InChI=1S/C10H12N2O/c1-2-3-4-5-7-12-8-6-11-9-10(12)13/h1,6,8-9H,3-5,7H2. The van der Waals surface area contributed by atoms with Gasteiger partial charge < -0.3 is 4.57 Å². The Balaban J connectivity index is 2.42. The number of unbranched alkanes of at least 4 members (excludes halogenated alkanes) is 2. The molecule has 0 aliphatic rings. The monoisotopic (exact) mass is 176 g/mol. The summed E-state index contributed by atoms with van der Waals surface area (Å²) in [5.41, 5.74) is -0.0526. The first-order chi connectivity index (χ1) is 6.34. The Morgan fingerprint density at radius 2 is 2.38 bits per heavy atom. The maximum Gasteiger partial charge on any atom is 0.268 e. The highest BCUT2D eigenvalue weighted by Crippen LogP contribution is 1.95. The molecule has 3 heteroatoms. The Bertz CT molecular complexity index is 348. The Kier molecular flexibility index (Phi) is 3.77. The van der Waals surface area contributed by atoms with Crippen molar-refractivity contribution < 1.29 is 0 Å². The highest BCUT2D eigenvalue weighted by molar-refractivity contribution is 4.83. The van der Waals surface area contributed by atoms with Gasteiger partial charge in [0, 0.05) is 25.4 Å². The molecule has 0 aliphatic carbocycles. The highest BCUT2D eigenvalue weighted by atomic mass is 16.1. The Morgan fingerprint density at radius 1 is 1.54 bits per heavy atom. The van der Waals surface area contributed by atoms with Crippen LogP contribution in [0.15, 0.2) is 23.4 Å². The first kappa shape index (κ1) is 9.53. The van der Waals surface area contributed by atoms with Crippen molar-refractivity contribution in [3.8, 4) is 12.3 Å². The smallest absolute Gasteiger partial charge is 0.268 e. The maximum absolute atomic E-state index is 11.1. The lowest BCUT2D eigenvalue weighted by atomic mass is 10.2. The largest absolute Gasteiger partial charge is 0.313 e. The summed E-state index contributed by atoms with van der Waals surface area (Å²) in [4.78, 5) is 14.9. The van der Waals surface area contributed by atoms with Crippen molar-refractivity contribution in [2.75, 3.05) is 0 Å². The summed E-state index contributed by atoms with van der Waals surface area (Å²) in [7, 11) is 0. The van der Waals surface area contributed by atoms with E-state index in [0.717, 1.165) is 25.8 Å². The number of nitrogens with zero attached hydrogens (tertiary/aromatic N) is 2. The molecule has 68 valence electrons. The van der Waals surface area contributed by atoms with Gasteiger partial charge in [-0.15, -0.1) is 12.3 Å². The van der Waals surface area contributed by atoms with E-state index in [1.165, 1.54) is 6.20 Å². The molecule has 0 unspecified atom stereocenters. The van der Waals surface area contributed by atoms with Gasteiger partial charge in [-0.2, -0.15) is 0 Å². The number of aromatic nitrogens is 2. The van der Waals surface area contributed by atoms with Crippen LogP contribution in [0.5, 0.6) is 0 Å². The van der Waals surface area contributed by atoms with Crippen LogP contribution in [0.1, 0.15) is 19.3 Å². The van der Waals surface area contributed by atoms with Crippen LogP contribution in [-0.4, -0.2) is 9.55 Å². The number of hydrogen-bond acceptors (Lipinski definition) is 2. The Hall–Kier alpha value is -1.56. The van der Waals surface area contributed by atoms with Crippen molar-refractivity contribution in [3.63, 3.8) is 0 Å². The molecule has 1 rings (SSSR count). The number of terminal acetylenes is 1. The van der Waals surface area contributed by atoms with Gasteiger partial charge in [-0.05, 0) is 12.8 Å². The van der Waals surface area contributed by atoms with Crippen LogP contribution < -0.4 is 5.56 Å². The summed E-state index contributed by atoms with van der Waals surface area (Å²) in [6.07, 6.45) is 12.4. The minimum Gasteiger partial charge on any atom is -0.313 e. The third-order valence-corrected chi connectivity index (χ3v) is 1.77. The van der Waals surface area contributed by atoms with Crippen molar-refractivity contribution >= 4 is 0 Å². The molecule has 0 aliphatic heterocycles. The zero-order chi connectivity index (χ0) is 9.52. The first-order valence-electron chi connectivity index (χ1n) is 4.28. The van der Waals surface area contributed by atoms with E-state index in [0.29, 0.717) is 0 Å². The average Bonchev–Trinajstić information content (AvgIpc) is 2.15. The van der Waals surface area contributed by atoms with E-state index in [1.54, 1.807) is 17.0 Å². The summed E-state index contributed by atoms with van der Waals surface area (Å²) in [6, 6.07) is 0. The molecule has 0 spiro atoms. The molecule has 13 heavy (non-hydrogen) atoms. The van der Waals surface area contributed by atoms with Crippen LogP contribution in [0.2, 0.25) is 0 Å². The molecule has 0 amide bonds. The van der Waals surface area contributed by atoms with Gasteiger partial charge in [0.05, 0.1) is 6.20 Å². The molecular formula is C10H12N2O. The maximum atomic E-state index is 11.1. The fraction of sp³-hybridized carbons (Fsp3) is 0.400. The fourth-order valence-corrected chi connectivity index (χ4v) is 1.07. The first-order valence-corrected chi connectivity index (χ1v) is 4.28. The van der Waals surface area contributed by atoms with Crippen LogP contribution in [0, 0.1) is 12.3 Å². The molecule has 1 aromatic rings. The van der Waals surface area contributed by atoms with Crippen LogP contribution in [0.25, 0.3) is 0 Å². The van der Waals surface area contributed by atoms with Gasteiger partial charge >= 0.3 is 0 Å². The number of aryl methyl sites for hydroxylation is 1. The fourth-order valence-electron chi connectivity index (χ4n) is 1.07. The topological polar surface area (TPSA) is 34.9 Å². The van der Waals surface area contributed by atoms with Gasteiger partial charge in [-0.3, -0.25) is 9.78 Å². The molecule has 1 heterocycles. The van der Waals surface area contributed by atoms with E-state index >= 15 is 0 Å². The van der Waals surface area contributed by atoms with Gasteiger partial charge in [-0.1, -0.05) is 0 Å². The van der Waals surface area contributed by atoms with E-state index in [9.17, 15) is 4.79 Å². The summed E-state index contributed by atoms with van der Waals surface area (Å²) in [5.74, 6) is 2.57. The van der Waals surface area contributed by atoms with Crippen LogP contribution in [0.4, 0.5) is 0 Å². The van der Waals surface area contributed by atoms with E-state index in [2.05, 4.69) is 10.9 Å². The SMILES string of the molecule is C#CCCCCn1ccncc1=O. The molecule has 0 N–H and O–H groups in total. The van der Waals surface area contributed by atoms with Crippen LogP contribution >= 0.6 is 0 Å². The zero-order valence-electron chi connectivity index (χ0n) is 7.44. The molecule has 0 saturated heterocycles. The minimum atomic E-state index is -0.0526. The second kappa shape index (κ2) is 5.15. The molecule has 0 fully saturated rings. The van der Waals surface area contributed by atoms with E-state index < -0.39 is 0 Å². The van der Waals surface area contributed by atoms with Crippen LogP contribution in [-0.2, 0) is 6.54 Å². The van der Waals surface area contributed by atoms with Crippen molar-refractivity contribution in [2.45, 2.75) is 25.8 Å². The molecule has 0 aromatic carbocycles. The molecule has 0 radical (unpaired) electrons. The average molecular weight is 176 g/mol. The molecule has 0 saturated carbocycles. The lowest BCUT2D eigenvalue weighted by molar-refractivity contribution is 0.597. The highest BCUT2D eigenvalue weighted by Gasteiger charge is 1.93. The van der Waals surface area contributed by atoms with Gasteiger partial charge in [0.15, 0.2) is 0 Å². The summed E-state index contributed by atoms with van der Waals surface area (Å²) < 4.78 is 1.64. The second-order valence-corrected chi connectivity index (χ2v) is 2.77. The third-order valence-electron chi connectivity index (χ3n) is 1.77. The van der Waals surface area contributed by atoms with E-state index in [-0.39, 0.29) is 5.56 Å². The number of rotatable bonds is 4. The number of hydrogen-bond donors (Lipinski definition) is 0. The Morgan fingerprint density at radius 3 is 3.08 bits per heavy atom. The lowest BCUT2D eigenvalue weighted by Gasteiger charge is -2.02. The molecule has 3 nitrogen and oxygen atoms in total. The van der Waals surface area contributed by atoms with Gasteiger partial charge in [0.1, 0.15) is 0 Å². The summed E-state index contributed by atoms with van der Waals surface area (Å²) in [5, 5.41) is 0. The van der Waals surface area contributed by atoms with Crippen molar-refractivity contribution in [1.82, 2.24) is 9.55 Å². The van der Waals surface area contributed by atoms with Crippen molar-refractivity contribution in [3.05, 3.63) is 28.9 Å². The molecule has 1 aromatic heterocycles. The minimum absolute atomic E-state index is 0.0526. The second-order valence-electron chi connectivity index (χ2n) is 2.77. The van der Waals surface area contributed by atoms with Crippen LogP contribution in [0.3, 0.4) is 0 Å². The predicted molar refractivity (Wildman–Crippen MR) is 51.2 cm³/mol.